The van der Waals surface area contributed by atoms with E-state index < -0.39 is 10.0 Å². The van der Waals surface area contributed by atoms with Crippen molar-refractivity contribution in [3.63, 3.8) is 0 Å². The number of hydrogen-bond donors (Lipinski definition) is 1. The quantitative estimate of drug-likeness (QED) is 0.775. The van der Waals surface area contributed by atoms with Crippen LogP contribution >= 0.6 is 11.3 Å². The Morgan fingerprint density at radius 2 is 1.92 bits per heavy atom. The molecule has 1 atom stereocenters. The summed E-state index contributed by atoms with van der Waals surface area (Å²) in [6.07, 6.45) is 5.02. The highest BCUT2D eigenvalue weighted by molar-refractivity contribution is 7.89. The molecule has 0 bridgehead atoms. The summed E-state index contributed by atoms with van der Waals surface area (Å²) in [5.41, 5.74) is 0. The van der Waals surface area contributed by atoms with Gasteiger partial charge in [0, 0.05) is 50.0 Å². The molecule has 3 rings (SSSR count). The molecule has 1 aliphatic heterocycles. The maximum absolute atomic E-state index is 12.4. The first-order valence-corrected chi connectivity index (χ1v) is 11.2. The molecule has 1 unspecified atom stereocenters. The van der Waals surface area contributed by atoms with Gasteiger partial charge in [-0.1, -0.05) is 13.3 Å². The minimum Gasteiger partial charge on any atom is -0.353 e. The lowest BCUT2D eigenvalue weighted by Crippen LogP contribution is -2.46. The summed E-state index contributed by atoms with van der Waals surface area (Å²) in [5, 5.41) is 3.03. The zero-order chi connectivity index (χ0) is 18.6. The summed E-state index contributed by atoms with van der Waals surface area (Å²) in [6, 6.07) is 3.35. The summed E-state index contributed by atoms with van der Waals surface area (Å²) in [7, 11) is -3.51. The van der Waals surface area contributed by atoms with Crippen molar-refractivity contribution in [3.8, 4) is 0 Å². The van der Waals surface area contributed by atoms with Crippen LogP contribution in [0.15, 0.2) is 34.8 Å². The molecule has 1 fully saturated rings. The largest absolute Gasteiger partial charge is 0.353 e. The van der Waals surface area contributed by atoms with Crippen LogP contribution in [0, 0.1) is 0 Å². The zero-order valence-corrected chi connectivity index (χ0v) is 16.8. The molecule has 0 spiro atoms. The van der Waals surface area contributed by atoms with Gasteiger partial charge in [0.2, 0.25) is 10.0 Å². The van der Waals surface area contributed by atoms with Crippen molar-refractivity contribution in [1.29, 1.82) is 0 Å². The number of piperazine rings is 1. The van der Waals surface area contributed by atoms with Crippen LogP contribution in [0.1, 0.15) is 26.7 Å². The molecule has 0 aliphatic carbocycles. The van der Waals surface area contributed by atoms with E-state index in [0.29, 0.717) is 0 Å². The molecule has 0 radical (unpaired) electrons. The summed E-state index contributed by atoms with van der Waals surface area (Å²) in [5.74, 6) is 0.810. The van der Waals surface area contributed by atoms with Crippen molar-refractivity contribution in [1.82, 2.24) is 14.7 Å². The number of nitrogens with one attached hydrogen (secondary N) is 1. The maximum atomic E-state index is 12.4. The predicted octanol–water partition coefficient (Wildman–Crippen LogP) is 2.33. The fourth-order valence-electron chi connectivity index (χ4n) is 3.04. The predicted molar refractivity (Wildman–Crippen MR) is 105 cm³/mol. The third kappa shape index (κ3) is 4.52. The number of sulfonamides is 1. The third-order valence-electron chi connectivity index (χ3n) is 4.40. The van der Waals surface area contributed by atoms with Crippen LogP contribution < -0.4 is 14.5 Å². The van der Waals surface area contributed by atoms with Gasteiger partial charge in [0.1, 0.15) is 10.7 Å². The molecule has 0 amide bonds. The number of aromatic nitrogens is 2. The van der Waals surface area contributed by atoms with E-state index >= 15 is 0 Å². The van der Waals surface area contributed by atoms with E-state index in [9.17, 15) is 8.42 Å². The molecule has 0 saturated carbocycles. The molecule has 7 nitrogen and oxygen atoms in total. The van der Waals surface area contributed by atoms with Gasteiger partial charge >= 0.3 is 0 Å². The van der Waals surface area contributed by atoms with Gasteiger partial charge in [0.15, 0.2) is 5.13 Å². The Balaban J connectivity index is 1.61. The Morgan fingerprint density at radius 3 is 2.50 bits per heavy atom. The Bertz CT molecular complexity index is 785. The molecule has 2 aromatic heterocycles. The van der Waals surface area contributed by atoms with Gasteiger partial charge in [-0.05, 0) is 25.5 Å². The molecule has 1 saturated heterocycles. The van der Waals surface area contributed by atoms with Crippen molar-refractivity contribution < 1.29 is 8.42 Å². The van der Waals surface area contributed by atoms with E-state index in [1.54, 1.807) is 23.5 Å². The standard InChI is InChI=1S/C17H25N5O2S2/c1-3-4-14(2)20-26(23,24)15-5-6-16(19-13-15)21-8-10-22(11-9-21)17-18-7-12-25-17/h5-7,12-14,20H,3-4,8-11H2,1-2H3. The van der Waals surface area contributed by atoms with Gasteiger partial charge in [-0.3, -0.25) is 0 Å². The highest BCUT2D eigenvalue weighted by Crippen LogP contribution is 2.21. The number of rotatable bonds is 7. The topological polar surface area (TPSA) is 78.4 Å². The zero-order valence-electron chi connectivity index (χ0n) is 15.1. The monoisotopic (exact) mass is 395 g/mol. The number of hydrogen-bond acceptors (Lipinski definition) is 7. The van der Waals surface area contributed by atoms with Crippen molar-refractivity contribution in [2.75, 3.05) is 36.0 Å². The second-order valence-electron chi connectivity index (χ2n) is 6.45. The van der Waals surface area contributed by atoms with E-state index in [1.165, 1.54) is 6.20 Å². The van der Waals surface area contributed by atoms with Crippen LogP contribution in [0.25, 0.3) is 0 Å². The Morgan fingerprint density at radius 1 is 1.19 bits per heavy atom. The highest BCUT2D eigenvalue weighted by atomic mass is 32.2. The highest BCUT2D eigenvalue weighted by Gasteiger charge is 2.21. The Kier molecular flexibility index (Phi) is 6.10. The number of pyridine rings is 1. The molecule has 0 aromatic carbocycles. The van der Waals surface area contributed by atoms with Crippen molar-refractivity contribution in [2.24, 2.45) is 0 Å². The van der Waals surface area contributed by atoms with Gasteiger partial charge in [-0.25, -0.2) is 23.1 Å². The van der Waals surface area contributed by atoms with E-state index in [0.717, 1.165) is 50.0 Å². The van der Waals surface area contributed by atoms with Crippen molar-refractivity contribution in [3.05, 3.63) is 29.9 Å². The fourth-order valence-corrected chi connectivity index (χ4v) is 4.96. The van der Waals surface area contributed by atoms with Gasteiger partial charge in [-0.2, -0.15) is 0 Å². The van der Waals surface area contributed by atoms with Crippen LogP contribution in [0.3, 0.4) is 0 Å². The lowest BCUT2D eigenvalue weighted by molar-refractivity contribution is 0.543. The summed E-state index contributed by atoms with van der Waals surface area (Å²) >= 11 is 1.65. The summed E-state index contributed by atoms with van der Waals surface area (Å²) in [4.78, 5) is 13.4. The third-order valence-corrected chi connectivity index (χ3v) is 6.81. The molecule has 9 heteroatoms. The van der Waals surface area contributed by atoms with Crippen LogP contribution in [0.5, 0.6) is 0 Å². The molecular weight excluding hydrogens is 370 g/mol. The first-order chi connectivity index (χ1) is 12.5. The summed E-state index contributed by atoms with van der Waals surface area (Å²) in [6.45, 7) is 7.35. The molecule has 3 heterocycles. The molecule has 1 aliphatic rings. The summed E-state index contributed by atoms with van der Waals surface area (Å²) < 4.78 is 27.5. The Labute approximate surface area is 159 Å². The average Bonchev–Trinajstić information content (AvgIpc) is 3.16. The average molecular weight is 396 g/mol. The minimum absolute atomic E-state index is 0.0800. The first-order valence-electron chi connectivity index (χ1n) is 8.87. The van der Waals surface area contributed by atoms with Crippen molar-refractivity contribution in [2.45, 2.75) is 37.6 Å². The normalized spacial score (nSPS) is 16.7. The second kappa shape index (κ2) is 8.32. The van der Waals surface area contributed by atoms with Crippen LogP contribution in [-0.4, -0.2) is 50.6 Å². The van der Waals surface area contributed by atoms with Gasteiger partial charge in [0.05, 0.1) is 0 Å². The smallest absolute Gasteiger partial charge is 0.242 e. The van der Waals surface area contributed by atoms with E-state index in [1.807, 2.05) is 25.4 Å². The van der Waals surface area contributed by atoms with Crippen LogP contribution in [0.2, 0.25) is 0 Å². The molecule has 2 aromatic rings. The number of anilines is 2. The van der Waals surface area contributed by atoms with E-state index in [2.05, 4.69) is 24.5 Å². The number of nitrogens with zero attached hydrogens (tertiary/aromatic N) is 4. The first kappa shape index (κ1) is 19.1. The van der Waals surface area contributed by atoms with Gasteiger partial charge < -0.3 is 9.80 Å². The molecule has 1 N–H and O–H groups in total. The van der Waals surface area contributed by atoms with Crippen LogP contribution in [0.4, 0.5) is 10.9 Å². The molecule has 142 valence electrons. The Hall–Kier alpha value is -1.71. The van der Waals surface area contributed by atoms with E-state index in [4.69, 9.17) is 0 Å². The molecular formula is C17H25N5O2S2. The SMILES string of the molecule is CCCC(C)NS(=O)(=O)c1ccc(N2CCN(c3nccs3)CC2)nc1. The lowest BCUT2D eigenvalue weighted by Gasteiger charge is -2.35. The van der Waals surface area contributed by atoms with E-state index in [-0.39, 0.29) is 10.9 Å². The number of thiazole rings is 1. The second-order valence-corrected chi connectivity index (χ2v) is 9.04. The minimum atomic E-state index is -3.51. The fraction of sp³-hybridized carbons (Fsp3) is 0.529. The van der Waals surface area contributed by atoms with Crippen LogP contribution in [-0.2, 0) is 10.0 Å². The van der Waals surface area contributed by atoms with Gasteiger partial charge in [-0.15, -0.1) is 11.3 Å². The maximum Gasteiger partial charge on any atom is 0.242 e. The molecule has 26 heavy (non-hydrogen) atoms. The lowest BCUT2D eigenvalue weighted by atomic mass is 10.2. The van der Waals surface area contributed by atoms with Crippen molar-refractivity contribution >= 4 is 32.3 Å². The van der Waals surface area contributed by atoms with Gasteiger partial charge in [0.25, 0.3) is 0 Å².